The Morgan fingerprint density at radius 3 is 1.75 bits per heavy atom. The highest BCUT2D eigenvalue weighted by Crippen LogP contribution is 2.38. The van der Waals surface area contributed by atoms with E-state index in [9.17, 15) is 19.8 Å². The zero-order valence-corrected chi connectivity index (χ0v) is 15.5. The molecule has 1 aromatic rings. The molecule has 0 fully saturated rings. The van der Waals surface area contributed by atoms with E-state index in [4.69, 9.17) is 0 Å². The number of hydrogen-bond acceptors (Lipinski definition) is 2. The summed E-state index contributed by atoms with van der Waals surface area (Å²) in [7, 11) is 0. The number of aliphatic carboxylic acids is 2. The summed E-state index contributed by atoms with van der Waals surface area (Å²) in [5.41, 5.74) is 2.31. The van der Waals surface area contributed by atoms with E-state index in [1.54, 1.807) is 6.07 Å². The second-order valence-corrected chi connectivity index (χ2v) is 7.64. The quantitative estimate of drug-likeness (QED) is 0.732. The predicted molar refractivity (Wildman–Crippen MR) is 95.4 cm³/mol. The van der Waals surface area contributed by atoms with Crippen molar-refractivity contribution in [3.8, 4) is 0 Å². The first-order valence-corrected chi connectivity index (χ1v) is 8.65. The zero-order chi connectivity index (χ0) is 18.6. The molecule has 0 aromatic heterocycles. The van der Waals surface area contributed by atoms with E-state index >= 15 is 0 Å². The molecule has 0 radical (unpaired) electrons. The summed E-state index contributed by atoms with van der Waals surface area (Å²) in [5, 5.41) is 19.5. The third-order valence-corrected chi connectivity index (χ3v) is 4.37. The lowest BCUT2D eigenvalue weighted by atomic mass is 9.75. The zero-order valence-electron chi connectivity index (χ0n) is 15.5. The monoisotopic (exact) mass is 334 g/mol. The van der Waals surface area contributed by atoms with Crippen LogP contribution in [0.25, 0.3) is 0 Å². The Balaban J connectivity index is 3.70. The Labute approximate surface area is 144 Å². The van der Waals surface area contributed by atoms with Gasteiger partial charge in [0.15, 0.2) is 0 Å². The average molecular weight is 334 g/mol. The maximum atomic E-state index is 11.9. The van der Waals surface area contributed by atoms with Crippen LogP contribution in [0.1, 0.15) is 70.1 Å². The van der Waals surface area contributed by atoms with Gasteiger partial charge in [-0.3, -0.25) is 9.59 Å². The van der Waals surface area contributed by atoms with E-state index in [1.807, 2.05) is 39.8 Å². The van der Waals surface area contributed by atoms with Gasteiger partial charge in [-0.1, -0.05) is 59.7 Å². The molecule has 2 atom stereocenters. The highest BCUT2D eigenvalue weighted by Gasteiger charge is 2.34. The molecular formula is C20H30O4. The molecule has 0 bridgehead atoms. The molecule has 2 unspecified atom stereocenters. The fourth-order valence-electron chi connectivity index (χ4n) is 3.42. The normalized spacial score (nSPS) is 14.2. The summed E-state index contributed by atoms with van der Waals surface area (Å²) in [6, 6.07) is 5.58. The second-order valence-electron chi connectivity index (χ2n) is 7.64. The standard InChI is InChI=1S/C20H30O4/c1-11(2)10-14-8-7-9-15(16(12(3)4)19(21)22)18(14)17(13(5)6)20(23)24/h7-9,11-13,16-17H,10H2,1-6H3,(H,21,22)(H,23,24). The van der Waals surface area contributed by atoms with Gasteiger partial charge in [-0.05, 0) is 40.9 Å². The molecule has 0 aliphatic carbocycles. The van der Waals surface area contributed by atoms with Crippen molar-refractivity contribution in [3.63, 3.8) is 0 Å². The minimum atomic E-state index is -0.902. The fraction of sp³-hybridized carbons (Fsp3) is 0.600. The van der Waals surface area contributed by atoms with Crippen molar-refractivity contribution in [2.24, 2.45) is 17.8 Å². The Morgan fingerprint density at radius 1 is 0.875 bits per heavy atom. The summed E-state index contributed by atoms with van der Waals surface area (Å²) in [6.07, 6.45) is 0.740. The summed E-state index contributed by atoms with van der Waals surface area (Å²) >= 11 is 0. The molecule has 1 rings (SSSR count). The number of rotatable bonds is 8. The topological polar surface area (TPSA) is 74.6 Å². The van der Waals surface area contributed by atoms with Gasteiger partial charge in [0, 0.05) is 0 Å². The minimum Gasteiger partial charge on any atom is -0.481 e. The molecule has 24 heavy (non-hydrogen) atoms. The van der Waals surface area contributed by atoms with Crippen molar-refractivity contribution >= 4 is 11.9 Å². The molecule has 2 N–H and O–H groups in total. The minimum absolute atomic E-state index is 0.114. The first kappa shape index (κ1) is 20.2. The molecule has 0 aliphatic heterocycles. The van der Waals surface area contributed by atoms with Gasteiger partial charge >= 0.3 is 11.9 Å². The third kappa shape index (κ3) is 4.59. The lowest BCUT2D eigenvalue weighted by Gasteiger charge is -2.28. The van der Waals surface area contributed by atoms with Crippen LogP contribution in [0.3, 0.4) is 0 Å². The van der Waals surface area contributed by atoms with E-state index in [-0.39, 0.29) is 11.8 Å². The predicted octanol–water partition coefficient (Wildman–Crippen LogP) is 4.53. The number of benzene rings is 1. The molecule has 4 heteroatoms. The fourth-order valence-corrected chi connectivity index (χ4v) is 3.42. The SMILES string of the molecule is CC(C)Cc1cccc(C(C(=O)O)C(C)C)c1C(C(=O)O)C(C)C. The molecule has 0 heterocycles. The average Bonchev–Trinajstić information content (AvgIpc) is 2.39. The van der Waals surface area contributed by atoms with Crippen LogP contribution >= 0.6 is 0 Å². The number of carboxylic acids is 2. The molecule has 0 aliphatic rings. The smallest absolute Gasteiger partial charge is 0.311 e. The molecule has 0 spiro atoms. The van der Waals surface area contributed by atoms with Crippen LogP contribution in [-0.4, -0.2) is 22.2 Å². The van der Waals surface area contributed by atoms with Gasteiger partial charge in [0.2, 0.25) is 0 Å². The maximum Gasteiger partial charge on any atom is 0.311 e. The van der Waals surface area contributed by atoms with Crippen molar-refractivity contribution < 1.29 is 19.8 Å². The molecule has 1 aromatic carbocycles. The van der Waals surface area contributed by atoms with Gasteiger partial charge in [0.05, 0.1) is 11.8 Å². The summed E-state index contributed by atoms with van der Waals surface area (Å²) in [5.74, 6) is -3.06. The van der Waals surface area contributed by atoms with Crippen molar-refractivity contribution in [1.82, 2.24) is 0 Å². The van der Waals surface area contributed by atoms with Gasteiger partial charge in [-0.2, -0.15) is 0 Å². The van der Waals surface area contributed by atoms with Crippen molar-refractivity contribution in [1.29, 1.82) is 0 Å². The van der Waals surface area contributed by atoms with Gasteiger partial charge in [-0.25, -0.2) is 0 Å². The molecule has 0 saturated carbocycles. The van der Waals surface area contributed by atoms with Crippen LogP contribution in [0.2, 0.25) is 0 Å². The first-order chi connectivity index (χ1) is 11.1. The Kier molecular flexibility index (Phi) is 7.00. The Hall–Kier alpha value is -1.84. The highest BCUT2D eigenvalue weighted by molar-refractivity contribution is 5.81. The number of carbonyl (C=O) groups is 2. The van der Waals surface area contributed by atoms with E-state index in [1.165, 1.54) is 0 Å². The maximum absolute atomic E-state index is 11.9. The van der Waals surface area contributed by atoms with Gasteiger partial charge in [0.1, 0.15) is 0 Å². The molecule has 0 amide bonds. The largest absolute Gasteiger partial charge is 0.481 e. The van der Waals surface area contributed by atoms with Crippen LogP contribution in [0.5, 0.6) is 0 Å². The highest BCUT2D eigenvalue weighted by atomic mass is 16.4. The van der Waals surface area contributed by atoms with Crippen LogP contribution in [0.4, 0.5) is 0 Å². The van der Waals surface area contributed by atoms with Crippen molar-refractivity contribution in [2.45, 2.75) is 59.8 Å². The lowest BCUT2D eigenvalue weighted by molar-refractivity contribution is -0.141. The summed E-state index contributed by atoms with van der Waals surface area (Å²) < 4.78 is 0. The van der Waals surface area contributed by atoms with E-state index < -0.39 is 23.8 Å². The van der Waals surface area contributed by atoms with Crippen LogP contribution in [0.15, 0.2) is 18.2 Å². The van der Waals surface area contributed by atoms with Crippen molar-refractivity contribution in [3.05, 3.63) is 34.9 Å². The second kappa shape index (κ2) is 8.32. The Bertz CT molecular complexity index is 587. The van der Waals surface area contributed by atoms with Crippen LogP contribution in [-0.2, 0) is 16.0 Å². The molecular weight excluding hydrogens is 304 g/mol. The summed E-state index contributed by atoms with van der Waals surface area (Å²) in [6.45, 7) is 11.6. The number of carboxylic acid groups (broad SMARTS) is 2. The molecule has 134 valence electrons. The van der Waals surface area contributed by atoms with E-state index in [2.05, 4.69) is 13.8 Å². The first-order valence-electron chi connectivity index (χ1n) is 8.65. The third-order valence-electron chi connectivity index (χ3n) is 4.37. The lowest BCUT2D eigenvalue weighted by Crippen LogP contribution is -2.26. The van der Waals surface area contributed by atoms with Gasteiger partial charge in [0.25, 0.3) is 0 Å². The van der Waals surface area contributed by atoms with Gasteiger partial charge < -0.3 is 10.2 Å². The molecule has 0 saturated heterocycles. The Morgan fingerprint density at radius 2 is 1.38 bits per heavy atom. The van der Waals surface area contributed by atoms with Crippen LogP contribution in [0, 0.1) is 17.8 Å². The van der Waals surface area contributed by atoms with E-state index in [0.29, 0.717) is 17.0 Å². The van der Waals surface area contributed by atoms with Crippen LogP contribution < -0.4 is 0 Å². The van der Waals surface area contributed by atoms with E-state index in [0.717, 1.165) is 12.0 Å². The number of hydrogen-bond donors (Lipinski definition) is 2. The van der Waals surface area contributed by atoms with Gasteiger partial charge in [-0.15, -0.1) is 0 Å². The summed E-state index contributed by atoms with van der Waals surface area (Å²) in [4.78, 5) is 23.8. The molecule has 4 nitrogen and oxygen atoms in total. The van der Waals surface area contributed by atoms with Crippen molar-refractivity contribution in [2.75, 3.05) is 0 Å².